The van der Waals surface area contributed by atoms with Crippen molar-refractivity contribution in [3.05, 3.63) is 63.7 Å². The van der Waals surface area contributed by atoms with Crippen LogP contribution in [0.4, 0.5) is 5.69 Å². The van der Waals surface area contributed by atoms with E-state index in [0.29, 0.717) is 28.9 Å². The molecule has 1 saturated heterocycles. The highest BCUT2D eigenvalue weighted by atomic mass is 32.1. The molecule has 0 aliphatic carbocycles. The van der Waals surface area contributed by atoms with Crippen LogP contribution >= 0.6 is 12.2 Å². The van der Waals surface area contributed by atoms with E-state index in [-0.39, 0.29) is 29.9 Å². The number of nitrogens with one attached hydrogen (secondary N) is 1. The number of rotatable bonds is 7. The van der Waals surface area contributed by atoms with Gasteiger partial charge >= 0.3 is 5.69 Å². The number of carbonyl (C=O) groups is 1. The Morgan fingerprint density at radius 3 is 2.79 bits per heavy atom. The molecule has 1 aliphatic heterocycles. The maximum Gasteiger partial charge on any atom is 0.310 e. The van der Waals surface area contributed by atoms with Crippen LogP contribution in [-0.2, 0) is 11.4 Å². The number of hydrogen-bond acceptors (Lipinski definition) is 6. The van der Waals surface area contributed by atoms with Crippen molar-refractivity contribution in [1.82, 2.24) is 10.2 Å². The van der Waals surface area contributed by atoms with Gasteiger partial charge in [-0.05, 0) is 36.3 Å². The number of nitrogens with zero attached hydrogens (tertiary/aromatic N) is 2. The summed E-state index contributed by atoms with van der Waals surface area (Å²) in [6.45, 7) is 4.57. The second-order valence-corrected chi connectivity index (χ2v) is 7.00. The molecule has 1 fully saturated rings. The van der Waals surface area contributed by atoms with Crippen LogP contribution in [0.1, 0.15) is 25.4 Å². The van der Waals surface area contributed by atoms with E-state index in [0.717, 1.165) is 0 Å². The molecule has 2 heterocycles. The zero-order chi connectivity index (χ0) is 20.3. The van der Waals surface area contributed by atoms with Crippen molar-refractivity contribution < 1.29 is 18.9 Å². The zero-order valence-corrected chi connectivity index (χ0v) is 16.2. The molecule has 9 heteroatoms. The van der Waals surface area contributed by atoms with Gasteiger partial charge in [0.1, 0.15) is 23.8 Å². The van der Waals surface area contributed by atoms with Crippen molar-refractivity contribution in [2.24, 2.45) is 5.92 Å². The van der Waals surface area contributed by atoms with Crippen LogP contribution in [0.25, 0.3) is 6.08 Å². The molecular weight excluding hydrogens is 382 g/mol. The summed E-state index contributed by atoms with van der Waals surface area (Å²) in [7, 11) is 0. The third kappa shape index (κ3) is 4.37. The topological polar surface area (TPSA) is 97.9 Å². The summed E-state index contributed by atoms with van der Waals surface area (Å²) < 4.78 is 11.1. The Morgan fingerprint density at radius 1 is 1.32 bits per heavy atom. The smallest absolute Gasteiger partial charge is 0.310 e. The number of carbonyl (C=O) groups excluding carboxylic acids is 1. The quantitative estimate of drug-likeness (QED) is 0.328. The van der Waals surface area contributed by atoms with Crippen molar-refractivity contribution in [2.75, 3.05) is 6.54 Å². The molecule has 8 nitrogen and oxygen atoms in total. The summed E-state index contributed by atoms with van der Waals surface area (Å²) in [5, 5.41) is 14.3. The normalized spacial score (nSPS) is 15.4. The highest BCUT2D eigenvalue weighted by Crippen LogP contribution is 2.27. The molecule has 0 spiro atoms. The monoisotopic (exact) mass is 401 g/mol. The zero-order valence-electron chi connectivity index (χ0n) is 15.4. The molecule has 0 bridgehead atoms. The maximum atomic E-state index is 12.5. The molecule has 3 rings (SSSR count). The summed E-state index contributed by atoms with van der Waals surface area (Å²) in [6, 6.07) is 9.50. The fraction of sp³-hybridized carbons (Fsp3) is 0.263. The van der Waals surface area contributed by atoms with Gasteiger partial charge in [0.25, 0.3) is 5.91 Å². The molecular formula is C19H19N3O5S. The Labute approximate surface area is 166 Å². The van der Waals surface area contributed by atoms with Gasteiger partial charge in [0.05, 0.1) is 4.92 Å². The molecule has 2 aromatic rings. The van der Waals surface area contributed by atoms with Crippen LogP contribution in [0.2, 0.25) is 0 Å². The average molecular weight is 401 g/mol. The van der Waals surface area contributed by atoms with Gasteiger partial charge in [0.15, 0.2) is 10.9 Å². The van der Waals surface area contributed by atoms with E-state index in [1.807, 2.05) is 13.8 Å². The van der Waals surface area contributed by atoms with E-state index < -0.39 is 4.92 Å². The van der Waals surface area contributed by atoms with Crippen molar-refractivity contribution in [1.29, 1.82) is 0 Å². The van der Waals surface area contributed by atoms with Crippen molar-refractivity contribution in [2.45, 2.75) is 20.5 Å². The number of nitro groups is 1. The average Bonchev–Trinajstić information content (AvgIpc) is 3.20. The second kappa shape index (κ2) is 8.22. The Balaban J connectivity index is 1.68. The predicted octanol–water partition coefficient (Wildman–Crippen LogP) is 3.48. The lowest BCUT2D eigenvalue weighted by Crippen LogP contribution is -2.33. The molecule has 0 radical (unpaired) electrons. The van der Waals surface area contributed by atoms with E-state index in [1.54, 1.807) is 30.3 Å². The third-order valence-corrected chi connectivity index (χ3v) is 4.23. The number of para-hydroxylation sites is 2. The number of amides is 1. The van der Waals surface area contributed by atoms with Crippen LogP contribution in [-0.4, -0.2) is 27.4 Å². The van der Waals surface area contributed by atoms with E-state index in [4.69, 9.17) is 21.4 Å². The van der Waals surface area contributed by atoms with Gasteiger partial charge < -0.3 is 14.5 Å². The first-order valence-electron chi connectivity index (χ1n) is 8.64. The summed E-state index contributed by atoms with van der Waals surface area (Å²) >= 11 is 5.21. The van der Waals surface area contributed by atoms with Crippen molar-refractivity contribution in [3.8, 4) is 5.75 Å². The van der Waals surface area contributed by atoms with Crippen LogP contribution < -0.4 is 10.1 Å². The number of thiocarbonyl (C=S) groups is 1. The van der Waals surface area contributed by atoms with Gasteiger partial charge in [0.2, 0.25) is 0 Å². The fourth-order valence-corrected chi connectivity index (χ4v) is 2.94. The van der Waals surface area contributed by atoms with E-state index in [1.165, 1.54) is 17.0 Å². The van der Waals surface area contributed by atoms with Gasteiger partial charge in [0, 0.05) is 18.7 Å². The largest absolute Gasteiger partial charge is 0.479 e. The Hall–Kier alpha value is -3.20. The SMILES string of the molecule is CC(C)CN1C(=O)/C(=C\c2ccc(COc3ccccc3[N+](=O)[O-])o2)NC1=S. The van der Waals surface area contributed by atoms with Crippen LogP contribution in [0.15, 0.2) is 46.5 Å². The lowest BCUT2D eigenvalue weighted by molar-refractivity contribution is -0.386. The molecule has 1 aliphatic rings. The van der Waals surface area contributed by atoms with Crippen LogP contribution in [0.3, 0.4) is 0 Å². The third-order valence-electron chi connectivity index (χ3n) is 3.91. The minimum Gasteiger partial charge on any atom is -0.479 e. The summed E-state index contributed by atoms with van der Waals surface area (Å²) in [6.07, 6.45) is 1.57. The number of benzene rings is 1. The minimum absolute atomic E-state index is 0.0211. The summed E-state index contributed by atoms with van der Waals surface area (Å²) in [5.74, 6) is 1.17. The van der Waals surface area contributed by atoms with Crippen molar-refractivity contribution in [3.63, 3.8) is 0 Å². The van der Waals surface area contributed by atoms with Gasteiger partial charge in [-0.15, -0.1) is 0 Å². The fourth-order valence-electron chi connectivity index (χ4n) is 2.67. The molecule has 0 atom stereocenters. The molecule has 1 amide bonds. The lowest BCUT2D eigenvalue weighted by Gasteiger charge is -2.15. The molecule has 1 aromatic carbocycles. The maximum absolute atomic E-state index is 12.5. The standard InChI is InChI=1S/C19H19N3O5S/c1-12(2)10-21-18(23)15(20-19(21)28)9-13-7-8-14(27-13)11-26-17-6-4-3-5-16(17)22(24)25/h3-9,12H,10-11H2,1-2H3,(H,20,28)/b15-9+. The van der Waals surface area contributed by atoms with Gasteiger partial charge in [-0.25, -0.2) is 0 Å². The minimum atomic E-state index is -0.503. The number of hydrogen-bond donors (Lipinski definition) is 1. The molecule has 28 heavy (non-hydrogen) atoms. The number of ether oxygens (including phenoxy) is 1. The first-order chi connectivity index (χ1) is 13.3. The lowest BCUT2D eigenvalue weighted by atomic mass is 10.2. The number of furan rings is 1. The highest BCUT2D eigenvalue weighted by molar-refractivity contribution is 7.80. The Bertz CT molecular complexity index is 951. The van der Waals surface area contributed by atoms with E-state index in [2.05, 4.69) is 5.32 Å². The molecule has 1 aromatic heterocycles. The van der Waals surface area contributed by atoms with Gasteiger partial charge in [-0.3, -0.25) is 19.8 Å². The van der Waals surface area contributed by atoms with E-state index >= 15 is 0 Å². The second-order valence-electron chi connectivity index (χ2n) is 6.62. The first-order valence-corrected chi connectivity index (χ1v) is 9.05. The highest BCUT2D eigenvalue weighted by Gasteiger charge is 2.31. The summed E-state index contributed by atoms with van der Waals surface area (Å²) in [4.78, 5) is 24.5. The van der Waals surface area contributed by atoms with Crippen LogP contribution in [0.5, 0.6) is 5.75 Å². The van der Waals surface area contributed by atoms with Crippen molar-refractivity contribution >= 4 is 35.0 Å². The van der Waals surface area contributed by atoms with E-state index in [9.17, 15) is 14.9 Å². The summed E-state index contributed by atoms with van der Waals surface area (Å²) in [5.41, 5.74) is 0.224. The number of nitro benzene ring substituents is 1. The molecule has 0 saturated carbocycles. The Kier molecular flexibility index (Phi) is 5.74. The van der Waals surface area contributed by atoms with Crippen LogP contribution in [0, 0.1) is 16.0 Å². The van der Waals surface area contributed by atoms with Gasteiger partial charge in [-0.1, -0.05) is 26.0 Å². The molecule has 1 N–H and O–H groups in total. The van der Waals surface area contributed by atoms with Gasteiger partial charge in [-0.2, -0.15) is 0 Å². The Morgan fingerprint density at radius 2 is 2.07 bits per heavy atom. The predicted molar refractivity (Wildman–Crippen MR) is 106 cm³/mol. The first kappa shape index (κ1) is 19.6. The molecule has 146 valence electrons. The molecule has 0 unspecified atom stereocenters.